The van der Waals surface area contributed by atoms with Gasteiger partial charge in [-0.15, -0.1) is 0 Å². The van der Waals surface area contributed by atoms with Crippen molar-refractivity contribution in [3.63, 3.8) is 0 Å². The normalized spacial score (nSPS) is 17.5. The molecule has 0 aliphatic carbocycles. The Balaban J connectivity index is 2.80. The van der Waals surface area contributed by atoms with Crippen LogP contribution in [0.15, 0.2) is 6.07 Å². The van der Waals surface area contributed by atoms with E-state index in [9.17, 15) is 9.90 Å². The van der Waals surface area contributed by atoms with Gasteiger partial charge in [-0.3, -0.25) is 4.79 Å². The van der Waals surface area contributed by atoms with Gasteiger partial charge in [0.2, 0.25) is 5.91 Å². The first-order valence-corrected chi connectivity index (χ1v) is 5.01. The summed E-state index contributed by atoms with van der Waals surface area (Å²) >= 11 is 0. The van der Waals surface area contributed by atoms with Gasteiger partial charge >= 0.3 is 0 Å². The first kappa shape index (κ1) is 10.0. The average molecular weight is 205 g/mol. The number of rotatable bonds is 0. The first-order chi connectivity index (χ1) is 6.85. The lowest BCUT2D eigenvalue weighted by molar-refractivity contribution is -0.119. The van der Waals surface area contributed by atoms with Crippen molar-refractivity contribution in [2.45, 2.75) is 33.1 Å². The second-order valence-corrected chi connectivity index (χ2v) is 4.67. The Morgan fingerprint density at radius 3 is 2.53 bits per heavy atom. The van der Waals surface area contributed by atoms with E-state index in [1.54, 1.807) is 6.07 Å². The monoisotopic (exact) mass is 205 g/mol. The quantitative estimate of drug-likeness (QED) is 0.682. The summed E-state index contributed by atoms with van der Waals surface area (Å²) in [7, 11) is 0. The third-order valence-electron chi connectivity index (χ3n) is 3.26. The number of hydrogen-bond donors (Lipinski definition) is 2. The molecule has 1 heterocycles. The molecule has 0 spiro atoms. The average Bonchev–Trinajstić information content (AvgIpc) is 2.35. The topological polar surface area (TPSA) is 49.3 Å². The van der Waals surface area contributed by atoms with E-state index >= 15 is 0 Å². The highest BCUT2D eigenvalue weighted by atomic mass is 16.3. The number of carbonyl (C=O) groups is 1. The van der Waals surface area contributed by atoms with Crippen molar-refractivity contribution in [1.29, 1.82) is 0 Å². The Bertz CT molecular complexity index is 461. The number of phenols is 1. The molecule has 1 amide bonds. The molecule has 0 bridgehead atoms. The number of hydrogen-bond acceptors (Lipinski definition) is 2. The minimum atomic E-state index is -0.641. The van der Waals surface area contributed by atoms with Gasteiger partial charge < -0.3 is 10.4 Å². The van der Waals surface area contributed by atoms with E-state index in [-0.39, 0.29) is 11.7 Å². The Kier molecular flexibility index (Phi) is 1.84. The van der Waals surface area contributed by atoms with Gasteiger partial charge in [0.25, 0.3) is 0 Å². The molecule has 1 aromatic rings. The number of amides is 1. The number of carbonyl (C=O) groups excluding carboxylic acids is 1. The summed E-state index contributed by atoms with van der Waals surface area (Å²) in [5.41, 5.74) is 2.88. The van der Waals surface area contributed by atoms with Crippen LogP contribution in [-0.4, -0.2) is 11.0 Å². The highest BCUT2D eigenvalue weighted by Crippen LogP contribution is 2.45. The molecule has 0 unspecified atom stereocenters. The number of benzene rings is 1. The van der Waals surface area contributed by atoms with Crippen LogP contribution in [0, 0.1) is 13.8 Å². The van der Waals surface area contributed by atoms with E-state index in [4.69, 9.17) is 0 Å². The van der Waals surface area contributed by atoms with Crippen LogP contribution >= 0.6 is 0 Å². The molecule has 2 rings (SSSR count). The molecule has 1 aliphatic rings. The number of aryl methyl sites for hydroxylation is 1. The van der Waals surface area contributed by atoms with E-state index in [0.717, 1.165) is 22.4 Å². The molecule has 0 fully saturated rings. The minimum absolute atomic E-state index is 0.0542. The summed E-state index contributed by atoms with van der Waals surface area (Å²) in [4.78, 5) is 11.7. The number of nitrogens with one attached hydrogen (secondary N) is 1. The molecule has 2 N–H and O–H groups in total. The zero-order chi connectivity index (χ0) is 11.4. The number of phenolic OH excluding ortho intramolecular Hbond substituents is 1. The summed E-state index contributed by atoms with van der Waals surface area (Å²) < 4.78 is 0. The SMILES string of the molecule is Cc1cc(O)c2c(c1C)NC(=O)C2(C)C. The lowest BCUT2D eigenvalue weighted by atomic mass is 9.84. The molecule has 0 atom stereocenters. The van der Waals surface area contributed by atoms with Crippen LogP contribution in [0.5, 0.6) is 5.75 Å². The summed E-state index contributed by atoms with van der Waals surface area (Å²) in [5.74, 6) is 0.151. The lowest BCUT2D eigenvalue weighted by Gasteiger charge is -2.17. The maximum atomic E-state index is 11.7. The summed E-state index contributed by atoms with van der Waals surface area (Å²) in [6.45, 7) is 7.52. The molecule has 0 aromatic heterocycles. The third kappa shape index (κ3) is 1.16. The van der Waals surface area contributed by atoms with Gasteiger partial charge in [0.1, 0.15) is 5.75 Å². The van der Waals surface area contributed by atoms with E-state index in [2.05, 4.69) is 5.32 Å². The van der Waals surface area contributed by atoms with Crippen LogP contribution in [0.2, 0.25) is 0 Å². The van der Waals surface area contributed by atoms with Crippen molar-refractivity contribution in [3.8, 4) is 5.75 Å². The van der Waals surface area contributed by atoms with Crippen LogP contribution in [0.1, 0.15) is 30.5 Å². The second-order valence-electron chi connectivity index (χ2n) is 4.67. The largest absolute Gasteiger partial charge is 0.508 e. The van der Waals surface area contributed by atoms with Crippen LogP contribution in [-0.2, 0) is 10.2 Å². The highest BCUT2D eigenvalue weighted by molar-refractivity contribution is 6.07. The van der Waals surface area contributed by atoms with Gasteiger partial charge in [0.15, 0.2) is 0 Å². The third-order valence-corrected chi connectivity index (χ3v) is 3.26. The molecule has 15 heavy (non-hydrogen) atoms. The standard InChI is InChI=1S/C12H15NO2/c1-6-5-8(14)9-10(7(6)2)13-11(15)12(9,3)4/h5,14H,1-4H3,(H,13,15). The first-order valence-electron chi connectivity index (χ1n) is 5.01. The Hall–Kier alpha value is -1.51. The van der Waals surface area contributed by atoms with Crippen molar-refractivity contribution in [1.82, 2.24) is 0 Å². The van der Waals surface area contributed by atoms with Crippen molar-refractivity contribution >= 4 is 11.6 Å². The molecule has 3 heteroatoms. The van der Waals surface area contributed by atoms with E-state index in [1.807, 2.05) is 27.7 Å². The van der Waals surface area contributed by atoms with E-state index in [1.165, 1.54) is 0 Å². The number of aromatic hydroxyl groups is 1. The predicted octanol–water partition coefficient (Wildman–Crippen LogP) is 2.24. The zero-order valence-electron chi connectivity index (χ0n) is 9.43. The zero-order valence-corrected chi connectivity index (χ0v) is 9.43. The van der Waals surface area contributed by atoms with Crippen molar-refractivity contribution in [2.24, 2.45) is 0 Å². The molecular formula is C12H15NO2. The van der Waals surface area contributed by atoms with Gasteiger partial charge in [-0.2, -0.15) is 0 Å². The van der Waals surface area contributed by atoms with E-state index in [0.29, 0.717) is 0 Å². The summed E-state index contributed by atoms with van der Waals surface area (Å²) in [6.07, 6.45) is 0. The maximum absolute atomic E-state index is 11.7. The molecule has 0 radical (unpaired) electrons. The summed E-state index contributed by atoms with van der Waals surface area (Å²) in [5, 5.41) is 12.7. The maximum Gasteiger partial charge on any atom is 0.234 e. The number of anilines is 1. The van der Waals surface area contributed by atoms with Crippen molar-refractivity contribution < 1.29 is 9.90 Å². The lowest BCUT2D eigenvalue weighted by Crippen LogP contribution is -2.26. The minimum Gasteiger partial charge on any atom is -0.508 e. The van der Waals surface area contributed by atoms with Crippen molar-refractivity contribution in [3.05, 3.63) is 22.8 Å². The second kappa shape index (κ2) is 2.75. The molecule has 1 aliphatic heterocycles. The number of fused-ring (bicyclic) bond motifs is 1. The van der Waals surface area contributed by atoms with Gasteiger partial charge in [-0.05, 0) is 44.9 Å². The van der Waals surface area contributed by atoms with Crippen LogP contribution in [0.25, 0.3) is 0 Å². The van der Waals surface area contributed by atoms with Gasteiger partial charge in [-0.25, -0.2) is 0 Å². The van der Waals surface area contributed by atoms with Gasteiger partial charge in [0, 0.05) is 5.56 Å². The Morgan fingerprint density at radius 1 is 1.33 bits per heavy atom. The van der Waals surface area contributed by atoms with Gasteiger partial charge in [-0.1, -0.05) is 0 Å². The molecule has 0 saturated carbocycles. The molecule has 80 valence electrons. The Labute approximate surface area is 89.1 Å². The van der Waals surface area contributed by atoms with Crippen LogP contribution in [0.4, 0.5) is 5.69 Å². The summed E-state index contributed by atoms with van der Waals surface area (Å²) in [6, 6.07) is 1.72. The van der Waals surface area contributed by atoms with Crippen molar-refractivity contribution in [2.75, 3.05) is 5.32 Å². The molecule has 1 aromatic carbocycles. The van der Waals surface area contributed by atoms with Gasteiger partial charge in [0.05, 0.1) is 11.1 Å². The molecule has 0 saturated heterocycles. The fraction of sp³-hybridized carbons (Fsp3) is 0.417. The van der Waals surface area contributed by atoms with E-state index < -0.39 is 5.41 Å². The molecule has 3 nitrogen and oxygen atoms in total. The fourth-order valence-electron chi connectivity index (χ4n) is 2.07. The Morgan fingerprint density at radius 2 is 1.93 bits per heavy atom. The van der Waals surface area contributed by atoms with Crippen LogP contribution < -0.4 is 5.32 Å². The predicted molar refractivity (Wildman–Crippen MR) is 59.2 cm³/mol. The molecular weight excluding hydrogens is 190 g/mol. The fourth-order valence-corrected chi connectivity index (χ4v) is 2.07. The smallest absolute Gasteiger partial charge is 0.234 e. The van der Waals surface area contributed by atoms with Crippen LogP contribution in [0.3, 0.4) is 0 Å². The highest BCUT2D eigenvalue weighted by Gasteiger charge is 2.41.